The van der Waals surface area contributed by atoms with Crippen LogP contribution in [0.25, 0.3) is 0 Å². The molecule has 3 atom stereocenters. The summed E-state index contributed by atoms with van der Waals surface area (Å²) in [7, 11) is 0. The standard InChI is InChI=1S/C16H26ClNO/c1-3-5-6-12(4-2)16(19)15(11-18)13-7-9-14(17)10-8-13/h7-10,12,15-16,19H,3-6,11,18H2,1-2H3. The van der Waals surface area contributed by atoms with Gasteiger partial charge in [-0.1, -0.05) is 56.8 Å². The van der Waals surface area contributed by atoms with Crippen LogP contribution in [0.1, 0.15) is 51.0 Å². The Morgan fingerprint density at radius 3 is 2.32 bits per heavy atom. The van der Waals surface area contributed by atoms with Crippen molar-refractivity contribution in [2.45, 2.75) is 51.6 Å². The summed E-state index contributed by atoms with van der Waals surface area (Å²) in [5.74, 6) is 0.322. The molecule has 0 fully saturated rings. The van der Waals surface area contributed by atoms with Gasteiger partial charge in [0.1, 0.15) is 0 Å². The molecule has 0 aromatic heterocycles. The molecule has 1 rings (SSSR count). The van der Waals surface area contributed by atoms with Crippen LogP contribution in [-0.2, 0) is 0 Å². The van der Waals surface area contributed by atoms with E-state index in [0.717, 1.165) is 31.2 Å². The van der Waals surface area contributed by atoms with Gasteiger partial charge in [-0.05, 0) is 30.0 Å². The van der Waals surface area contributed by atoms with Crippen molar-refractivity contribution in [2.24, 2.45) is 11.7 Å². The van der Waals surface area contributed by atoms with Crippen LogP contribution < -0.4 is 5.73 Å². The van der Waals surface area contributed by atoms with Crippen LogP contribution in [0.5, 0.6) is 0 Å². The third-order valence-electron chi connectivity index (χ3n) is 3.90. The normalized spacial score (nSPS) is 16.1. The van der Waals surface area contributed by atoms with Gasteiger partial charge in [-0.15, -0.1) is 0 Å². The highest BCUT2D eigenvalue weighted by Crippen LogP contribution is 2.29. The van der Waals surface area contributed by atoms with Gasteiger partial charge in [-0.2, -0.15) is 0 Å². The van der Waals surface area contributed by atoms with Crippen LogP contribution in [0.15, 0.2) is 24.3 Å². The number of unbranched alkanes of at least 4 members (excludes halogenated alkanes) is 1. The van der Waals surface area contributed by atoms with E-state index in [9.17, 15) is 5.11 Å². The zero-order valence-corrected chi connectivity index (χ0v) is 12.7. The lowest BCUT2D eigenvalue weighted by atomic mass is 9.82. The Bertz CT molecular complexity index is 352. The first-order valence-electron chi connectivity index (χ1n) is 7.27. The molecule has 1 aromatic rings. The number of rotatable bonds is 8. The molecule has 0 bridgehead atoms. The van der Waals surface area contributed by atoms with Crippen LogP contribution in [0.3, 0.4) is 0 Å². The molecule has 0 saturated heterocycles. The molecule has 0 aliphatic heterocycles. The molecule has 3 heteroatoms. The average Bonchev–Trinajstić information content (AvgIpc) is 2.42. The summed E-state index contributed by atoms with van der Waals surface area (Å²) in [5.41, 5.74) is 6.95. The highest BCUT2D eigenvalue weighted by atomic mass is 35.5. The molecule has 19 heavy (non-hydrogen) atoms. The van der Waals surface area contributed by atoms with Crippen molar-refractivity contribution in [2.75, 3.05) is 6.54 Å². The molecule has 0 spiro atoms. The third kappa shape index (κ3) is 4.79. The number of hydrogen-bond acceptors (Lipinski definition) is 2. The first-order chi connectivity index (χ1) is 9.13. The second-order valence-electron chi connectivity index (χ2n) is 5.19. The Morgan fingerprint density at radius 2 is 1.84 bits per heavy atom. The molecule has 0 heterocycles. The molecule has 0 aliphatic carbocycles. The summed E-state index contributed by atoms with van der Waals surface area (Å²) < 4.78 is 0. The van der Waals surface area contributed by atoms with Gasteiger partial charge in [-0.25, -0.2) is 0 Å². The molecule has 2 nitrogen and oxygen atoms in total. The molecule has 0 radical (unpaired) electrons. The molecule has 0 saturated carbocycles. The summed E-state index contributed by atoms with van der Waals surface area (Å²) in [6, 6.07) is 7.66. The van der Waals surface area contributed by atoms with Gasteiger partial charge in [0.2, 0.25) is 0 Å². The first kappa shape index (κ1) is 16.5. The lowest BCUT2D eigenvalue weighted by Crippen LogP contribution is -2.32. The van der Waals surface area contributed by atoms with Crippen molar-refractivity contribution in [1.82, 2.24) is 0 Å². The largest absolute Gasteiger partial charge is 0.392 e. The number of nitrogens with two attached hydrogens (primary N) is 1. The van der Waals surface area contributed by atoms with Gasteiger partial charge in [-0.3, -0.25) is 0 Å². The fourth-order valence-corrected chi connectivity index (χ4v) is 2.72. The van der Waals surface area contributed by atoms with E-state index in [0.29, 0.717) is 17.5 Å². The number of aliphatic hydroxyl groups is 1. The van der Waals surface area contributed by atoms with Crippen molar-refractivity contribution >= 4 is 11.6 Å². The first-order valence-corrected chi connectivity index (χ1v) is 7.65. The maximum atomic E-state index is 10.6. The summed E-state index contributed by atoms with van der Waals surface area (Å²) in [5, 5.41) is 11.3. The number of hydrogen-bond donors (Lipinski definition) is 2. The smallest absolute Gasteiger partial charge is 0.0648 e. The van der Waals surface area contributed by atoms with Gasteiger partial charge in [0.25, 0.3) is 0 Å². The van der Waals surface area contributed by atoms with E-state index >= 15 is 0 Å². The van der Waals surface area contributed by atoms with Crippen LogP contribution in [0.4, 0.5) is 0 Å². The number of benzene rings is 1. The Labute approximate surface area is 122 Å². The minimum atomic E-state index is -0.372. The predicted molar refractivity (Wildman–Crippen MR) is 82.6 cm³/mol. The maximum absolute atomic E-state index is 10.6. The predicted octanol–water partition coefficient (Wildman–Crippen LogP) is 3.96. The van der Waals surface area contributed by atoms with Gasteiger partial charge in [0.05, 0.1) is 6.10 Å². The van der Waals surface area contributed by atoms with E-state index in [2.05, 4.69) is 13.8 Å². The van der Waals surface area contributed by atoms with E-state index in [1.165, 1.54) is 0 Å². The molecule has 3 N–H and O–H groups in total. The number of aliphatic hydroxyl groups excluding tert-OH is 1. The zero-order valence-electron chi connectivity index (χ0n) is 12.0. The van der Waals surface area contributed by atoms with Crippen molar-refractivity contribution < 1.29 is 5.11 Å². The molecular weight excluding hydrogens is 258 g/mol. The fourth-order valence-electron chi connectivity index (χ4n) is 2.59. The summed E-state index contributed by atoms with van der Waals surface area (Å²) in [6.07, 6.45) is 4.01. The summed E-state index contributed by atoms with van der Waals surface area (Å²) in [6.45, 7) is 4.78. The third-order valence-corrected chi connectivity index (χ3v) is 4.15. The molecular formula is C16H26ClNO. The van der Waals surface area contributed by atoms with Crippen molar-refractivity contribution in [1.29, 1.82) is 0 Å². The Kier molecular flexibility index (Phi) is 7.44. The lowest BCUT2D eigenvalue weighted by molar-refractivity contribution is 0.0743. The SMILES string of the molecule is CCCCC(CC)C(O)C(CN)c1ccc(Cl)cc1. The average molecular weight is 284 g/mol. The van der Waals surface area contributed by atoms with Gasteiger partial charge < -0.3 is 10.8 Å². The van der Waals surface area contributed by atoms with Gasteiger partial charge in [0, 0.05) is 17.5 Å². The van der Waals surface area contributed by atoms with Crippen molar-refractivity contribution in [3.8, 4) is 0 Å². The minimum absolute atomic E-state index is 0.000859. The van der Waals surface area contributed by atoms with Gasteiger partial charge >= 0.3 is 0 Å². The zero-order chi connectivity index (χ0) is 14.3. The topological polar surface area (TPSA) is 46.2 Å². The summed E-state index contributed by atoms with van der Waals surface area (Å²) in [4.78, 5) is 0. The molecule has 108 valence electrons. The van der Waals surface area contributed by atoms with E-state index in [-0.39, 0.29) is 12.0 Å². The monoisotopic (exact) mass is 283 g/mol. The molecule has 0 aliphatic rings. The Morgan fingerprint density at radius 1 is 1.21 bits per heavy atom. The van der Waals surface area contributed by atoms with E-state index in [1.807, 2.05) is 24.3 Å². The minimum Gasteiger partial charge on any atom is -0.392 e. The van der Waals surface area contributed by atoms with Crippen LogP contribution in [0.2, 0.25) is 5.02 Å². The van der Waals surface area contributed by atoms with E-state index in [1.54, 1.807) is 0 Å². The quantitative estimate of drug-likeness (QED) is 0.758. The Balaban J connectivity index is 2.79. The van der Waals surface area contributed by atoms with E-state index < -0.39 is 0 Å². The Hall–Kier alpha value is -0.570. The molecule has 3 unspecified atom stereocenters. The van der Waals surface area contributed by atoms with Crippen LogP contribution >= 0.6 is 11.6 Å². The lowest BCUT2D eigenvalue weighted by Gasteiger charge is -2.29. The fraction of sp³-hybridized carbons (Fsp3) is 0.625. The van der Waals surface area contributed by atoms with E-state index in [4.69, 9.17) is 17.3 Å². The van der Waals surface area contributed by atoms with Crippen LogP contribution in [0, 0.1) is 5.92 Å². The van der Waals surface area contributed by atoms with Crippen LogP contribution in [-0.4, -0.2) is 17.8 Å². The van der Waals surface area contributed by atoms with Crippen molar-refractivity contribution in [3.63, 3.8) is 0 Å². The summed E-state index contributed by atoms with van der Waals surface area (Å²) >= 11 is 5.90. The second-order valence-corrected chi connectivity index (χ2v) is 5.63. The second kappa shape index (κ2) is 8.57. The van der Waals surface area contributed by atoms with Gasteiger partial charge in [0.15, 0.2) is 0 Å². The van der Waals surface area contributed by atoms with Crippen molar-refractivity contribution in [3.05, 3.63) is 34.9 Å². The number of halogens is 1. The molecule has 0 amide bonds. The molecule has 1 aromatic carbocycles. The highest BCUT2D eigenvalue weighted by molar-refractivity contribution is 6.30. The maximum Gasteiger partial charge on any atom is 0.0648 e. The highest BCUT2D eigenvalue weighted by Gasteiger charge is 2.26.